The van der Waals surface area contributed by atoms with Gasteiger partial charge in [-0.3, -0.25) is 19.6 Å². The van der Waals surface area contributed by atoms with Crippen molar-refractivity contribution < 1.29 is 9.72 Å². The maximum Gasteiger partial charge on any atom is 0.271 e. The summed E-state index contributed by atoms with van der Waals surface area (Å²) in [5.74, 6) is -0.293. The van der Waals surface area contributed by atoms with Gasteiger partial charge in [0.25, 0.3) is 5.69 Å². The fourth-order valence-corrected chi connectivity index (χ4v) is 3.55. The Bertz CT molecular complexity index is 768. The average molecular weight is 511 g/mol. The van der Waals surface area contributed by atoms with Crippen LogP contribution in [0.5, 0.6) is 0 Å². The first-order chi connectivity index (χ1) is 10.7. The summed E-state index contributed by atoms with van der Waals surface area (Å²) in [7, 11) is 0. The van der Waals surface area contributed by atoms with Gasteiger partial charge in [-0.15, -0.1) is 0 Å². The Labute approximate surface area is 157 Å². The number of halogens is 3. The van der Waals surface area contributed by atoms with Gasteiger partial charge in [-0.25, -0.2) is 0 Å². The highest BCUT2D eigenvalue weighted by molar-refractivity contribution is 9.11. The van der Waals surface area contributed by atoms with Crippen LogP contribution in [0.3, 0.4) is 0 Å². The molecule has 1 unspecified atom stereocenters. The van der Waals surface area contributed by atoms with E-state index in [0.29, 0.717) is 14.6 Å². The molecule has 0 bridgehead atoms. The zero-order valence-corrected chi connectivity index (χ0v) is 16.8. The largest absolute Gasteiger partial charge is 0.322 e. The molecule has 0 spiro atoms. The molecule has 1 aromatic carbocycles. The van der Waals surface area contributed by atoms with E-state index in [0.717, 1.165) is 10.2 Å². The lowest BCUT2D eigenvalue weighted by Gasteiger charge is -2.16. The number of rotatable bonds is 4. The highest BCUT2D eigenvalue weighted by Gasteiger charge is 2.22. The average Bonchev–Trinajstić information content (AvgIpc) is 2.81. The molecule has 0 saturated carbocycles. The molecule has 0 fully saturated rings. The summed E-state index contributed by atoms with van der Waals surface area (Å²) in [6.45, 7) is 3.56. The lowest BCUT2D eigenvalue weighted by Crippen LogP contribution is -2.25. The zero-order valence-electron chi connectivity index (χ0n) is 12.0. The molecule has 23 heavy (non-hydrogen) atoms. The molecule has 1 N–H and O–H groups in total. The van der Waals surface area contributed by atoms with Crippen LogP contribution in [-0.4, -0.2) is 20.6 Å². The number of nitro benzene ring substituents is 1. The summed E-state index contributed by atoms with van der Waals surface area (Å²) in [5.41, 5.74) is 1.17. The molecule has 1 aromatic heterocycles. The zero-order chi connectivity index (χ0) is 17.3. The maximum absolute atomic E-state index is 12.4. The number of amides is 1. The second kappa shape index (κ2) is 7.10. The number of benzene rings is 1. The molecule has 1 amide bonds. The Kier molecular flexibility index (Phi) is 5.58. The van der Waals surface area contributed by atoms with E-state index in [1.54, 1.807) is 17.8 Å². The van der Waals surface area contributed by atoms with Gasteiger partial charge < -0.3 is 5.32 Å². The molecule has 1 atom stereocenters. The van der Waals surface area contributed by atoms with Crippen LogP contribution in [-0.2, 0) is 4.79 Å². The molecule has 2 rings (SSSR count). The first-order valence-corrected chi connectivity index (χ1v) is 8.74. The van der Waals surface area contributed by atoms with Crippen molar-refractivity contribution >= 4 is 65.1 Å². The number of nitro groups is 1. The van der Waals surface area contributed by atoms with Gasteiger partial charge >= 0.3 is 0 Å². The van der Waals surface area contributed by atoms with E-state index in [1.165, 1.54) is 12.1 Å². The van der Waals surface area contributed by atoms with Crippen LogP contribution in [0.2, 0.25) is 0 Å². The van der Waals surface area contributed by atoms with Crippen LogP contribution in [0, 0.1) is 17.0 Å². The lowest BCUT2D eigenvalue weighted by molar-refractivity contribution is -0.385. The highest BCUT2D eigenvalue weighted by atomic mass is 79.9. The van der Waals surface area contributed by atoms with Crippen molar-refractivity contribution in [3.8, 4) is 0 Å². The summed E-state index contributed by atoms with van der Waals surface area (Å²) >= 11 is 9.83. The second-order valence-electron chi connectivity index (χ2n) is 4.73. The number of aromatic nitrogens is 2. The minimum Gasteiger partial charge on any atom is -0.322 e. The van der Waals surface area contributed by atoms with E-state index >= 15 is 0 Å². The SMILES string of the molecule is Cc1c(Br)cnn1C(C)C(=O)Nc1c(Br)cc([N+](=O)[O-])cc1Br. The van der Waals surface area contributed by atoms with Crippen molar-refractivity contribution in [3.63, 3.8) is 0 Å². The summed E-state index contributed by atoms with van der Waals surface area (Å²) in [5, 5.41) is 17.7. The predicted octanol–water partition coefficient (Wildman–Crippen LogP) is 4.59. The van der Waals surface area contributed by atoms with Crippen molar-refractivity contribution in [2.45, 2.75) is 19.9 Å². The van der Waals surface area contributed by atoms with Crippen molar-refractivity contribution in [3.05, 3.63) is 47.6 Å². The highest BCUT2D eigenvalue weighted by Crippen LogP contribution is 2.35. The molecule has 0 aliphatic heterocycles. The summed E-state index contributed by atoms with van der Waals surface area (Å²) < 4.78 is 3.23. The Morgan fingerprint density at radius 1 is 1.30 bits per heavy atom. The maximum atomic E-state index is 12.4. The van der Waals surface area contributed by atoms with E-state index in [2.05, 4.69) is 58.2 Å². The number of nitrogens with one attached hydrogen (secondary N) is 1. The fraction of sp³-hybridized carbons (Fsp3) is 0.231. The third-order valence-electron chi connectivity index (χ3n) is 3.22. The molecule has 2 aromatic rings. The normalized spacial score (nSPS) is 12.0. The molecular formula is C13H11Br3N4O3. The smallest absolute Gasteiger partial charge is 0.271 e. The topological polar surface area (TPSA) is 90.1 Å². The van der Waals surface area contributed by atoms with Crippen molar-refractivity contribution in [1.82, 2.24) is 9.78 Å². The van der Waals surface area contributed by atoms with Gasteiger partial charge in [0.1, 0.15) is 6.04 Å². The number of carbonyl (C=O) groups excluding carboxylic acids is 1. The molecule has 0 saturated heterocycles. The van der Waals surface area contributed by atoms with Gasteiger partial charge in [0, 0.05) is 21.1 Å². The third-order valence-corrected chi connectivity index (χ3v) is 5.25. The van der Waals surface area contributed by atoms with Crippen LogP contribution < -0.4 is 5.32 Å². The van der Waals surface area contributed by atoms with Crippen LogP contribution in [0.1, 0.15) is 18.7 Å². The third kappa shape index (κ3) is 3.81. The number of anilines is 1. The molecular weight excluding hydrogens is 500 g/mol. The molecule has 7 nitrogen and oxygen atoms in total. The van der Waals surface area contributed by atoms with Crippen LogP contribution in [0.4, 0.5) is 11.4 Å². The Morgan fingerprint density at radius 3 is 2.30 bits per heavy atom. The molecule has 122 valence electrons. The summed E-state index contributed by atoms with van der Waals surface area (Å²) in [4.78, 5) is 22.8. The Hall–Kier alpha value is -1.26. The minimum absolute atomic E-state index is 0.0818. The number of nitrogens with zero attached hydrogens (tertiary/aromatic N) is 3. The molecule has 1 heterocycles. The molecule has 0 radical (unpaired) electrons. The summed E-state index contributed by atoms with van der Waals surface area (Å²) in [6.07, 6.45) is 1.62. The number of carbonyl (C=O) groups is 1. The first-order valence-electron chi connectivity index (χ1n) is 6.36. The number of hydrogen-bond acceptors (Lipinski definition) is 4. The summed E-state index contributed by atoms with van der Waals surface area (Å²) in [6, 6.07) is 2.12. The molecule has 10 heteroatoms. The van der Waals surface area contributed by atoms with Gasteiger partial charge in [0.15, 0.2) is 0 Å². The van der Waals surface area contributed by atoms with Crippen molar-refractivity contribution in [2.24, 2.45) is 0 Å². The first kappa shape index (κ1) is 18.1. The van der Waals surface area contributed by atoms with Crippen LogP contribution >= 0.6 is 47.8 Å². The Balaban J connectivity index is 2.27. The minimum atomic E-state index is -0.546. The fourth-order valence-electron chi connectivity index (χ4n) is 1.92. The van der Waals surface area contributed by atoms with Gasteiger partial charge in [-0.2, -0.15) is 5.10 Å². The quantitative estimate of drug-likeness (QED) is 0.481. The predicted molar refractivity (Wildman–Crippen MR) is 96.5 cm³/mol. The van der Waals surface area contributed by atoms with Gasteiger partial charge in [-0.1, -0.05) is 0 Å². The lowest BCUT2D eigenvalue weighted by atomic mass is 10.2. The molecule has 0 aliphatic rings. The van der Waals surface area contributed by atoms with Crippen molar-refractivity contribution in [2.75, 3.05) is 5.32 Å². The number of non-ortho nitro benzene ring substituents is 1. The van der Waals surface area contributed by atoms with E-state index in [-0.39, 0.29) is 11.6 Å². The van der Waals surface area contributed by atoms with E-state index in [4.69, 9.17) is 0 Å². The van der Waals surface area contributed by atoms with Crippen molar-refractivity contribution in [1.29, 1.82) is 0 Å². The number of hydrogen-bond donors (Lipinski definition) is 1. The monoisotopic (exact) mass is 508 g/mol. The van der Waals surface area contributed by atoms with Gasteiger partial charge in [-0.05, 0) is 61.6 Å². The Morgan fingerprint density at radius 2 is 1.87 bits per heavy atom. The molecule has 0 aliphatic carbocycles. The van der Waals surface area contributed by atoms with E-state index in [1.807, 2.05) is 6.92 Å². The van der Waals surface area contributed by atoms with Gasteiger partial charge in [0.2, 0.25) is 5.91 Å². The van der Waals surface area contributed by atoms with Gasteiger partial charge in [0.05, 0.1) is 27.0 Å². The second-order valence-corrected chi connectivity index (χ2v) is 7.29. The standard InChI is InChI=1S/C13H11Br3N4O3/c1-6-11(16)5-17-19(6)7(2)13(21)18-12-9(14)3-8(20(22)23)4-10(12)15/h3-5,7H,1-2H3,(H,18,21). The van der Waals surface area contributed by atoms with Crippen LogP contribution in [0.25, 0.3) is 0 Å². The van der Waals surface area contributed by atoms with E-state index in [9.17, 15) is 14.9 Å². The van der Waals surface area contributed by atoms with Crippen LogP contribution in [0.15, 0.2) is 31.7 Å². The van der Waals surface area contributed by atoms with E-state index < -0.39 is 11.0 Å².